The molecule has 4 heterocycles. The molecule has 36 heavy (non-hydrogen) atoms. The number of hydrogen-bond acceptors (Lipinski definition) is 7. The Labute approximate surface area is 226 Å². The zero-order chi connectivity index (χ0) is 25.7. The van der Waals surface area contributed by atoms with Crippen molar-refractivity contribution in [3.8, 4) is 0 Å². The monoisotopic (exact) mass is 588 g/mol. The highest BCUT2D eigenvalue weighted by Gasteiger charge is 2.75. The number of hydrogen-bond donors (Lipinski definition) is 3. The van der Waals surface area contributed by atoms with Crippen LogP contribution in [0.2, 0.25) is 0 Å². The van der Waals surface area contributed by atoms with Gasteiger partial charge in [0.15, 0.2) is 0 Å². The third-order valence-corrected chi connectivity index (χ3v) is 11.2. The van der Waals surface area contributed by atoms with Crippen molar-refractivity contribution in [2.75, 3.05) is 59.1 Å². The molecule has 4 aliphatic rings. The second kappa shape index (κ2) is 12.8. The Morgan fingerprint density at radius 3 is 2.56 bits per heavy atom. The van der Waals surface area contributed by atoms with Crippen molar-refractivity contribution < 1.29 is 24.2 Å². The number of amides is 3. The summed E-state index contributed by atoms with van der Waals surface area (Å²) in [7, 11) is 0. The standard InChI is InChI=1S/C25H41BrN4O5S/c1-2-7-27-22(32)18-19-24(34)30(9-5-3-4-6-13-31)21(25(19)16-17(26)20(18)36-25)23(33)28-8-10-29-11-14-35-15-12-29/h17-21,31H,2-16H2,1H3,(H,27,32)(H,28,33)/t17?,18-,19-,20-,21?,25?/m0/s1. The lowest BCUT2D eigenvalue weighted by molar-refractivity contribution is -0.140. The van der Waals surface area contributed by atoms with Gasteiger partial charge in [-0.3, -0.25) is 19.3 Å². The number of carbonyl (C=O) groups is 3. The van der Waals surface area contributed by atoms with E-state index in [-0.39, 0.29) is 34.4 Å². The number of aliphatic hydroxyl groups excluding tert-OH is 1. The first-order valence-corrected chi connectivity index (χ1v) is 15.3. The van der Waals surface area contributed by atoms with Crippen LogP contribution in [0.1, 0.15) is 45.4 Å². The fraction of sp³-hybridized carbons (Fsp3) is 0.880. The first-order valence-electron chi connectivity index (χ1n) is 13.5. The molecule has 4 rings (SSSR count). The molecule has 4 saturated heterocycles. The SMILES string of the molecule is CCCNC(=O)[C@H]1[C@H]2C(=O)N(CCCCCCO)C(C(=O)NCCN3CCOCC3)C23CC(Br)[C@@H]1S3. The third-order valence-electron chi connectivity index (χ3n) is 8.03. The van der Waals surface area contributed by atoms with E-state index in [0.717, 1.165) is 51.7 Å². The van der Waals surface area contributed by atoms with Gasteiger partial charge in [-0.25, -0.2) is 0 Å². The molecular formula is C25H41BrN4O5S. The smallest absolute Gasteiger partial charge is 0.244 e. The Morgan fingerprint density at radius 2 is 1.83 bits per heavy atom. The zero-order valence-corrected chi connectivity index (χ0v) is 23.7. The van der Waals surface area contributed by atoms with Gasteiger partial charge in [0, 0.05) is 56.0 Å². The third kappa shape index (κ3) is 5.60. The average molecular weight is 590 g/mol. The van der Waals surface area contributed by atoms with Crippen molar-refractivity contribution in [1.82, 2.24) is 20.4 Å². The molecule has 0 aromatic carbocycles. The predicted octanol–water partition coefficient (Wildman–Crippen LogP) is 0.978. The van der Waals surface area contributed by atoms with Crippen molar-refractivity contribution in [3.05, 3.63) is 0 Å². The van der Waals surface area contributed by atoms with E-state index >= 15 is 0 Å². The minimum atomic E-state index is -0.585. The molecule has 3 amide bonds. The molecule has 0 aromatic rings. The van der Waals surface area contributed by atoms with Crippen LogP contribution in [0.25, 0.3) is 0 Å². The molecule has 0 radical (unpaired) electrons. The molecule has 4 aliphatic heterocycles. The number of alkyl halides is 1. The minimum Gasteiger partial charge on any atom is -0.396 e. The number of ether oxygens (including phenoxy) is 1. The number of morpholine rings is 1. The second-order valence-electron chi connectivity index (χ2n) is 10.4. The van der Waals surface area contributed by atoms with Gasteiger partial charge in [0.2, 0.25) is 17.7 Å². The van der Waals surface area contributed by atoms with Crippen molar-refractivity contribution in [2.24, 2.45) is 11.8 Å². The van der Waals surface area contributed by atoms with Crippen LogP contribution in [-0.4, -0.2) is 113 Å². The van der Waals surface area contributed by atoms with Crippen LogP contribution in [0, 0.1) is 11.8 Å². The second-order valence-corrected chi connectivity index (χ2v) is 13.1. The Morgan fingerprint density at radius 1 is 1.11 bits per heavy atom. The first-order chi connectivity index (χ1) is 17.4. The largest absolute Gasteiger partial charge is 0.396 e. The number of nitrogens with one attached hydrogen (secondary N) is 2. The lowest BCUT2D eigenvalue weighted by Gasteiger charge is -2.35. The molecule has 0 aromatic heterocycles. The summed E-state index contributed by atoms with van der Waals surface area (Å²) in [6, 6.07) is -0.573. The molecular weight excluding hydrogens is 548 g/mol. The highest BCUT2D eigenvalue weighted by Crippen LogP contribution is 2.67. The van der Waals surface area contributed by atoms with Gasteiger partial charge in [0.1, 0.15) is 6.04 Å². The van der Waals surface area contributed by atoms with Crippen molar-refractivity contribution in [2.45, 2.75) is 66.3 Å². The summed E-state index contributed by atoms with van der Waals surface area (Å²) in [4.78, 5) is 45.0. The molecule has 9 nitrogen and oxygen atoms in total. The van der Waals surface area contributed by atoms with E-state index in [4.69, 9.17) is 9.84 Å². The van der Waals surface area contributed by atoms with E-state index in [2.05, 4.69) is 31.5 Å². The maximum absolute atomic E-state index is 13.9. The first kappa shape index (κ1) is 28.1. The lowest BCUT2D eigenvalue weighted by atomic mass is 9.70. The van der Waals surface area contributed by atoms with Gasteiger partial charge in [-0.2, -0.15) is 0 Å². The number of thioether (sulfide) groups is 1. The van der Waals surface area contributed by atoms with Crippen LogP contribution in [0.5, 0.6) is 0 Å². The van der Waals surface area contributed by atoms with Gasteiger partial charge in [-0.1, -0.05) is 35.7 Å². The number of unbranched alkanes of at least 4 members (excludes halogenated alkanes) is 3. The lowest BCUT2D eigenvalue weighted by Crippen LogP contribution is -2.55. The molecule has 0 aliphatic carbocycles. The van der Waals surface area contributed by atoms with E-state index in [0.29, 0.717) is 39.3 Å². The summed E-state index contributed by atoms with van der Waals surface area (Å²) in [5.74, 6) is -1.09. The van der Waals surface area contributed by atoms with Crippen LogP contribution >= 0.6 is 27.7 Å². The number of rotatable bonds is 13. The van der Waals surface area contributed by atoms with Gasteiger partial charge in [0.05, 0.1) is 29.8 Å². The summed E-state index contributed by atoms with van der Waals surface area (Å²) < 4.78 is 4.83. The van der Waals surface area contributed by atoms with Gasteiger partial charge in [0.25, 0.3) is 0 Å². The van der Waals surface area contributed by atoms with Crippen molar-refractivity contribution in [1.29, 1.82) is 0 Å². The van der Waals surface area contributed by atoms with E-state index in [9.17, 15) is 14.4 Å². The maximum atomic E-state index is 13.9. The summed E-state index contributed by atoms with van der Waals surface area (Å²) in [6.45, 7) is 7.72. The predicted molar refractivity (Wildman–Crippen MR) is 143 cm³/mol. The fourth-order valence-corrected chi connectivity index (χ4v) is 9.96. The normalized spacial score (nSPS) is 33.7. The number of likely N-dealkylation sites (tertiary alicyclic amines) is 1. The Balaban J connectivity index is 1.51. The Kier molecular flexibility index (Phi) is 9.99. The molecule has 11 heteroatoms. The van der Waals surface area contributed by atoms with Gasteiger partial charge in [-0.05, 0) is 25.7 Å². The van der Waals surface area contributed by atoms with E-state index < -0.39 is 22.6 Å². The molecule has 0 saturated carbocycles. The topological polar surface area (TPSA) is 111 Å². The summed E-state index contributed by atoms with van der Waals surface area (Å²) in [5.41, 5.74) is 0. The fourth-order valence-electron chi connectivity index (χ4n) is 6.34. The van der Waals surface area contributed by atoms with E-state index in [1.54, 1.807) is 16.7 Å². The number of halogens is 1. The molecule has 2 bridgehead atoms. The molecule has 4 fully saturated rings. The van der Waals surface area contributed by atoms with Crippen LogP contribution in [0.3, 0.4) is 0 Å². The maximum Gasteiger partial charge on any atom is 0.244 e. The van der Waals surface area contributed by atoms with Crippen LogP contribution in [0.4, 0.5) is 0 Å². The highest BCUT2D eigenvalue weighted by molar-refractivity contribution is 9.09. The number of nitrogens with zero attached hydrogens (tertiary/aromatic N) is 2. The van der Waals surface area contributed by atoms with E-state index in [1.807, 2.05) is 6.92 Å². The quantitative estimate of drug-likeness (QED) is 0.217. The van der Waals surface area contributed by atoms with Gasteiger partial charge >= 0.3 is 0 Å². The molecule has 204 valence electrons. The van der Waals surface area contributed by atoms with Crippen molar-refractivity contribution >= 4 is 45.4 Å². The molecule has 3 unspecified atom stereocenters. The van der Waals surface area contributed by atoms with Crippen LogP contribution < -0.4 is 10.6 Å². The zero-order valence-electron chi connectivity index (χ0n) is 21.3. The number of carbonyl (C=O) groups excluding carboxylic acids is 3. The number of fused-ring (bicyclic) bond motifs is 1. The minimum absolute atomic E-state index is 0.00818. The number of aliphatic hydroxyl groups is 1. The molecule has 3 N–H and O–H groups in total. The Hall–Kier alpha value is -0.880. The summed E-state index contributed by atoms with van der Waals surface area (Å²) in [6.07, 6.45) is 4.86. The summed E-state index contributed by atoms with van der Waals surface area (Å²) >= 11 is 5.49. The van der Waals surface area contributed by atoms with E-state index in [1.165, 1.54) is 0 Å². The average Bonchev–Trinajstić information content (AvgIpc) is 3.46. The Bertz CT molecular complexity index is 800. The summed E-state index contributed by atoms with van der Waals surface area (Å²) in [5, 5.41) is 15.2. The van der Waals surface area contributed by atoms with Crippen LogP contribution in [0.15, 0.2) is 0 Å². The van der Waals surface area contributed by atoms with Gasteiger partial charge in [-0.15, -0.1) is 11.8 Å². The highest BCUT2D eigenvalue weighted by atomic mass is 79.9. The molecule has 6 atom stereocenters. The van der Waals surface area contributed by atoms with Crippen LogP contribution in [-0.2, 0) is 19.1 Å². The molecule has 1 spiro atoms. The van der Waals surface area contributed by atoms with Gasteiger partial charge < -0.3 is 25.4 Å². The van der Waals surface area contributed by atoms with Crippen molar-refractivity contribution in [3.63, 3.8) is 0 Å².